The summed E-state index contributed by atoms with van der Waals surface area (Å²) in [5.41, 5.74) is 1.26. The fraction of sp³-hybridized carbons (Fsp3) is 0.240. The van der Waals surface area contributed by atoms with Crippen LogP contribution in [0.1, 0.15) is 10.4 Å². The Hall–Kier alpha value is -3.38. The van der Waals surface area contributed by atoms with Crippen molar-refractivity contribution in [1.29, 1.82) is 0 Å². The summed E-state index contributed by atoms with van der Waals surface area (Å²) in [6.45, 7) is 4.58. The van der Waals surface area contributed by atoms with E-state index in [1.54, 1.807) is 30.3 Å². The molecule has 1 amide bonds. The monoisotopic (exact) mass is 419 g/mol. The van der Waals surface area contributed by atoms with Gasteiger partial charge in [-0.3, -0.25) is 9.69 Å². The summed E-state index contributed by atoms with van der Waals surface area (Å²) in [5.74, 6) is 1.17. The minimum Gasteiger partial charge on any atom is -0.457 e. The van der Waals surface area contributed by atoms with Gasteiger partial charge < -0.3 is 15.0 Å². The van der Waals surface area contributed by atoms with Gasteiger partial charge in [0.25, 0.3) is 5.91 Å². The van der Waals surface area contributed by atoms with Crippen molar-refractivity contribution in [3.63, 3.8) is 0 Å². The number of anilines is 1. The van der Waals surface area contributed by atoms with E-state index in [0.717, 1.165) is 38.5 Å². The molecule has 0 radical (unpaired) electrons. The first-order valence-corrected chi connectivity index (χ1v) is 10.5. The van der Waals surface area contributed by atoms with E-state index in [1.165, 1.54) is 6.07 Å². The Labute approximate surface area is 182 Å². The molecule has 0 aliphatic carbocycles. The minimum atomic E-state index is -0.177. The van der Waals surface area contributed by atoms with E-state index in [9.17, 15) is 9.18 Å². The zero-order valence-electron chi connectivity index (χ0n) is 17.3. The van der Waals surface area contributed by atoms with Crippen molar-refractivity contribution in [2.75, 3.05) is 44.2 Å². The summed E-state index contributed by atoms with van der Waals surface area (Å²) in [5, 5.41) is 2.97. The SMILES string of the molecule is O=C(NCCN1CCN(c2ccccc2F)CC1)c1ccc(Oc2ccccc2)cc1. The number of nitrogens with zero attached hydrogens (tertiary/aromatic N) is 2. The molecule has 0 atom stereocenters. The highest BCUT2D eigenvalue weighted by Gasteiger charge is 2.19. The third kappa shape index (κ3) is 5.61. The lowest BCUT2D eigenvalue weighted by atomic mass is 10.2. The number of hydrogen-bond acceptors (Lipinski definition) is 4. The summed E-state index contributed by atoms with van der Waals surface area (Å²) in [4.78, 5) is 16.8. The number of carbonyl (C=O) groups is 1. The van der Waals surface area contributed by atoms with Gasteiger partial charge in [-0.1, -0.05) is 30.3 Å². The second-order valence-electron chi connectivity index (χ2n) is 7.48. The molecule has 6 heteroatoms. The molecule has 0 spiro atoms. The Morgan fingerprint density at radius 2 is 1.48 bits per heavy atom. The molecule has 0 aromatic heterocycles. The van der Waals surface area contributed by atoms with Crippen molar-refractivity contribution in [2.45, 2.75) is 0 Å². The van der Waals surface area contributed by atoms with Crippen LogP contribution in [0.2, 0.25) is 0 Å². The van der Waals surface area contributed by atoms with Crippen LogP contribution < -0.4 is 15.0 Å². The average molecular weight is 420 g/mol. The normalized spacial score (nSPS) is 14.3. The van der Waals surface area contributed by atoms with Gasteiger partial charge in [-0.25, -0.2) is 4.39 Å². The van der Waals surface area contributed by atoms with Gasteiger partial charge in [-0.15, -0.1) is 0 Å². The van der Waals surface area contributed by atoms with E-state index in [0.29, 0.717) is 23.5 Å². The molecule has 0 bridgehead atoms. The Balaban J connectivity index is 1.20. The molecule has 4 rings (SSSR count). The quantitative estimate of drug-likeness (QED) is 0.624. The van der Waals surface area contributed by atoms with Gasteiger partial charge in [-0.05, 0) is 48.5 Å². The second-order valence-corrected chi connectivity index (χ2v) is 7.48. The number of halogens is 1. The smallest absolute Gasteiger partial charge is 0.251 e. The highest BCUT2D eigenvalue weighted by molar-refractivity contribution is 5.94. The molecule has 160 valence electrons. The first-order valence-electron chi connectivity index (χ1n) is 10.5. The van der Waals surface area contributed by atoms with Crippen LogP contribution in [-0.4, -0.2) is 50.1 Å². The maximum Gasteiger partial charge on any atom is 0.251 e. The Morgan fingerprint density at radius 3 is 2.19 bits per heavy atom. The number of rotatable bonds is 7. The fourth-order valence-corrected chi connectivity index (χ4v) is 3.65. The lowest BCUT2D eigenvalue weighted by Crippen LogP contribution is -2.48. The molecule has 3 aromatic carbocycles. The van der Waals surface area contributed by atoms with Crippen LogP contribution in [0.4, 0.5) is 10.1 Å². The Kier molecular flexibility index (Phi) is 6.79. The maximum absolute atomic E-state index is 13.9. The van der Waals surface area contributed by atoms with Crippen LogP contribution in [-0.2, 0) is 0 Å². The van der Waals surface area contributed by atoms with Crippen molar-refractivity contribution in [2.24, 2.45) is 0 Å². The van der Waals surface area contributed by atoms with Crippen molar-refractivity contribution < 1.29 is 13.9 Å². The van der Waals surface area contributed by atoms with Crippen LogP contribution in [0.3, 0.4) is 0 Å². The van der Waals surface area contributed by atoms with E-state index >= 15 is 0 Å². The molecule has 1 fully saturated rings. The zero-order chi connectivity index (χ0) is 21.5. The fourth-order valence-electron chi connectivity index (χ4n) is 3.65. The third-order valence-electron chi connectivity index (χ3n) is 5.37. The molecule has 0 saturated carbocycles. The molecule has 1 heterocycles. The van der Waals surface area contributed by atoms with Gasteiger partial charge >= 0.3 is 0 Å². The highest BCUT2D eigenvalue weighted by Crippen LogP contribution is 2.21. The van der Waals surface area contributed by atoms with Crippen LogP contribution in [0.25, 0.3) is 0 Å². The van der Waals surface area contributed by atoms with E-state index in [2.05, 4.69) is 15.1 Å². The lowest BCUT2D eigenvalue weighted by Gasteiger charge is -2.36. The van der Waals surface area contributed by atoms with Crippen molar-refractivity contribution >= 4 is 11.6 Å². The largest absolute Gasteiger partial charge is 0.457 e. The summed E-state index contributed by atoms with van der Waals surface area (Å²) >= 11 is 0. The summed E-state index contributed by atoms with van der Waals surface area (Å²) in [6.07, 6.45) is 0. The van der Waals surface area contributed by atoms with Gasteiger partial charge in [0, 0.05) is 44.8 Å². The predicted molar refractivity (Wildman–Crippen MR) is 120 cm³/mol. The number of para-hydroxylation sites is 2. The average Bonchev–Trinajstić information content (AvgIpc) is 2.81. The molecule has 5 nitrogen and oxygen atoms in total. The van der Waals surface area contributed by atoms with Gasteiger partial charge in [0.05, 0.1) is 5.69 Å². The Bertz CT molecular complexity index is 987. The van der Waals surface area contributed by atoms with E-state index in [4.69, 9.17) is 4.74 Å². The summed E-state index contributed by atoms with van der Waals surface area (Å²) < 4.78 is 19.7. The standard InChI is InChI=1S/C25H26FN3O2/c26-23-8-4-5-9-24(23)29-18-16-28(17-19-29)15-14-27-25(30)20-10-12-22(13-11-20)31-21-6-2-1-3-7-21/h1-13H,14-19H2,(H,27,30). The number of carbonyl (C=O) groups excluding carboxylic acids is 1. The van der Waals surface area contributed by atoms with Crippen molar-refractivity contribution in [3.05, 3.63) is 90.2 Å². The van der Waals surface area contributed by atoms with Gasteiger partial charge in [0.2, 0.25) is 0 Å². The summed E-state index contributed by atoms with van der Waals surface area (Å²) in [7, 11) is 0. The lowest BCUT2D eigenvalue weighted by molar-refractivity contribution is 0.0947. The van der Waals surface area contributed by atoms with Crippen molar-refractivity contribution in [1.82, 2.24) is 10.2 Å². The third-order valence-corrected chi connectivity index (χ3v) is 5.37. The van der Waals surface area contributed by atoms with Crippen LogP contribution in [0.15, 0.2) is 78.9 Å². The molecule has 0 unspecified atom stereocenters. The first-order chi connectivity index (χ1) is 15.2. The molecule has 1 aliphatic heterocycles. The number of piperazine rings is 1. The molecule has 1 saturated heterocycles. The topological polar surface area (TPSA) is 44.8 Å². The maximum atomic E-state index is 13.9. The number of benzene rings is 3. The zero-order valence-corrected chi connectivity index (χ0v) is 17.3. The molecular formula is C25H26FN3O2. The predicted octanol–water partition coefficient (Wildman–Crippen LogP) is 4.17. The highest BCUT2D eigenvalue weighted by atomic mass is 19.1. The molecular weight excluding hydrogens is 393 g/mol. The molecule has 31 heavy (non-hydrogen) atoms. The molecule has 1 N–H and O–H groups in total. The molecule has 3 aromatic rings. The van der Waals surface area contributed by atoms with Crippen LogP contribution in [0, 0.1) is 5.82 Å². The van der Waals surface area contributed by atoms with Gasteiger partial charge in [0.15, 0.2) is 0 Å². The van der Waals surface area contributed by atoms with E-state index in [1.807, 2.05) is 42.5 Å². The van der Waals surface area contributed by atoms with Crippen molar-refractivity contribution in [3.8, 4) is 11.5 Å². The van der Waals surface area contributed by atoms with Crippen LogP contribution >= 0.6 is 0 Å². The number of nitrogens with one attached hydrogen (secondary N) is 1. The van der Waals surface area contributed by atoms with Gasteiger partial charge in [0.1, 0.15) is 17.3 Å². The second kappa shape index (κ2) is 10.1. The number of amides is 1. The number of hydrogen-bond donors (Lipinski definition) is 1. The minimum absolute atomic E-state index is 0.101. The summed E-state index contributed by atoms with van der Waals surface area (Å²) in [6, 6.07) is 23.5. The van der Waals surface area contributed by atoms with E-state index < -0.39 is 0 Å². The Morgan fingerprint density at radius 1 is 0.839 bits per heavy atom. The van der Waals surface area contributed by atoms with E-state index in [-0.39, 0.29) is 11.7 Å². The van der Waals surface area contributed by atoms with Gasteiger partial charge in [-0.2, -0.15) is 0 Å². The number of ether oxygens (including phenoxy) is 1. The first kappa shape index (κ1) is 20.9. The van der Waals surface area contributed by atoms with Crippen LogP contribution in [0.5, 0.6) is 11.5 Å². The molecule has 1 aliphatic rings.